The molecule has 2 unspecified atom stereocenters. The lowest BCUT2D eigenvalue weighted by Crippen LogP contribution is -2.12. The van der Waals surface area contributed by atoms with Gasteiger partial charge in [-0.25, -0.2) is 0 Å². The standard InChI is InChI=1S/C50H33NS/c1-3-11-42-33(7-1)15-16-34-17-18-37(29-46(34)42)32-19-23-39(24-20-32)51(40-25-21-35(22-26-40)49-30-38-8-2-4-14-48(38)52-49)41-27-28-43-44-12-5-9-36-10-6-13-45(50(36)44)47(43)31-41/h1-31,45,50H. The SMILES string of the molecule is C1=CC2=CC=CC3c4cc(N(c5ccc(-c6ccc7ccc8ccccc8c7c6)cc5)c5ccc(-c6cc7ccccc7s6)cc5)ccc4C(=C1)C23. The lowest BCUT2D eigenvalue weighted by molar-refractivity contribution is 0.721. The maximum atomic E-state index is 2.44. The lowest BCUT2D eigenvalue weighted by Gasteiger charge is -2.27. The Balaban J connectivity index is 1.01. The molecule has 11 rings (SSSR count). The van der Waals surface area contributed by atoms with Gasteiger partial charge in [-0.1, -0.05) is 134 Å². The van der Waals surface area contributed by atoms with Crippen LogP contribution in [0.3, 0.4) is 0 Å². The highest BCUT2D eigenvalue weighted by atomic mass is 32.1. The third-order valence-electron chi connectivity index (χ3n) is 11.2. The normalized spacial score (nSPS) is 16.9. The van der Waals surface area contributed by atoms with Gasteiger partial charge in [-0.2, -0.15) is 0 Å². The maximum absolute atomic E-state index is 2.44. The summed E-state index contributed by atoms with van der Waals surface area (Å²) in [7, 11) is 0. The van der Waals surface area contributed by atoms with Gasteiger partial charge in [-0.05, 0) is 120 Å². The number of thiophene rings is 1. The van der Waals surface area contributed by atoms with E-state index in [1.165, 1.54) is 81.2 Å². The first kappa shape index (κ1) is 29.5. The van der Waals surface area contributed by atoms with E-state index >= 15 is 0 Å². The molecule has 2 heteroatoms. The zero-order chi connectivity index (χ0) is 34.2. The van der Waals surface area contributed by atoms with E-state index in [9.17, 15) is 0 Å². The Labute approximate surface area is 307 Å². The van der Waals surface area contributed by atoms with Crippen LogP contribution in [0.1, 0.15) is 17.0 Å². The van der Waals surface area contributed by atoms with Crippen LogP contribution in [0.25, 0.3) is 58.8 Å². The number of allylic oxidation sites excluding steroid dienone is 8. The van der Waals surface area contributed by atoms with Crippen molar-refractivity contribution in [2.24, 2.45) is 5.92 Å². The maximum Gasteiger partial charge on any atom is 0.0465 e. The monoisotopic (exact) mass is 679 g/mol. The van der Waals surface area contributed by atoms with Crippen molar-refractivity contribution in [1.29, 1.82) is 0 Å². The topological polar surface area (TPSA) is 3.24 Å². The molecule has 7 aromatic carbocycles. The van der Waals surface area contributed by atoms with Gasteiger partial charge in [0.15, 0.2) is 0 Å². The number of hydrogen-bond donors (Lipinski definition) is 0. The van der Waals surface area contributed by atoms with Crippen LogP contribution in [0.5, 0.6) is 0 Å². The molecule has 8 aromatic rings. The summed E-state index contributed by atoms with van der Waals surface area (Å²) >= 11 is 1.85. The molecule has 1 heterocycles. The van der Waals surface area contributed by atoms with Crippen LogP contribution in [0, 0.1) is 5.92 Å². The van der Waals surface area contributed by atoms with Gasteiger partial charge in [0.25, 0.3) is 0 Å². The molecule has 52 heavy (non-hydrogen) atoms. The summed E-state index contributed by atoms with van der Waals surface area (Å²) in [4.78, 5) is 3.71. The fourth-order valence-electron chi connectivity index (χ4n) is 8.71. The zero-order valence-electron chi connectivity index (χ0n) is 28.4. The number of benzene rings is 7. The zero-order valence-corrected chi connectivity index (χ0v) is 29.2. The highest BCUT2D eigenvalue weighted by Gasteiger charge is 2.39. The second kappa shape index (κ2) is 11.7. The number of fused-ring (bicyclic) bond motifs is 7. The first-order valence-corrected chi connectivity index (χ1v) is 18.9. The van der Waals surface area contributed by atoms with Crippen LogP contribution in [0.4, 0.5) is 17.1 Å². The quantitative estimate of drug-likeness (QED) is 0.164. The van der Waals surface area contributed by atoms with Crippen molar-refractivity contribution in [2.45, 2.75) is 5.92 Å². The van der Waals surface area contributed by atoms with E-state index in [-0.39, 0.29) is 0 Å². The van der Waals surface area contributed by atoms with Gasteiger partial charge in [0, 0.05) is 38.5 Å². The van der Waals surface area contributed by atoms with Gasteiger partial charge in [-0.3, -0.25) is 0 Å². The van der Waals surface area contributed by atoms with Crippen molar-refractivity contribution in [3.05, 3.63) is 205 Å². The van der Waals surface area contributed by atoms with E-state index in [1.54, 1.807) is 0 Å². The Hall–Kier alpha value is -6.22. The molecule has 0 amide bonds. The minimum Gasteiger partial charge on any atom is -0.310 e. The minimum absolute atomic E-state index is 0.356. The van der Waals surface area contributed by atoms with Crippen molar-refractivity contribution in [1.82, 2.24) is 0 Å². The van der Waals surface area contributed by atoms with Crippen LogP contribution in [0.2, 0.25) is 0 Å². The molecular formula is C50H33NS. The third kappa shape index (κ3) is 4.68. The fraction of sp³-hybridized carbons (Fsp3) is 0.0400. The molecular weight excluding hydrogens is 647 g/mol. The highest BCUT2D eigenvalue weighted by Crippen LogP contribution is 2.54. The fourth-order valence-corrected chi connectivity index (χ4v) is 9.77. The minimum atomic E-state index is 0.356. The molecule has 0 radical (unpaired) electrons. The number of anilines is 3. The first-order valence-electron chi connectivity index (χ1n) is 18.1. The average molecular weight is 680 g/mol. The van der Waals surface area contributed by atoms with Crippen molar-refractivity contribution in [2.75, 3.05) is 4.90 Å². The first-order chi connectivity index (χ1) is 25.7. The average Bonchev–Trinajstić information content (AvgIpc) is 3.79. The highest BCUT2D eigenvalue weighted by molar-refractivity contribution is 7.22. The van der Waals surface area contributed by atoms with Gasteiger partial charge in [0.2, 0.25) is 0 Å². The van der Waals surface area contributed by atoms with Crippen molar-refractivity contribution < 1.29 is 0 Å². The Morgan fingerprint density at radius 1 is 0.500 bits per heavy atom. The number of rotatable bonds is 5. The molecule has 0 bridgehead atoms. The molecule has 0 aliphatic heterocycles. The van der Waals surface area contributed by atoms with E-state index in [0.717, 1.165) is 11.4 Å². The van der Waals surface area contributed by atoms with E-state index in [2.05, 4.69) is 193 Å². The second-order valence-electron chi connectivity index (χ2n) is 14.1. The van der Waals surface area contributed by atoms with Crippen LogP contribution in [-0.4, -0.2) is 0 Å². The van der Waals surface area contributed by atoms with Crippen LogP contribution >= 0.6 is 11.3 Å². The molecule has 244 valence electrons. The molecule has 2 atom stereocenters. The molecule has 3 aliphatic rings. The summed E-state index contributed by atoms with van der Waals surface area (Å²) in [6, 6.07) is 56.3. The Bertz CT molecular complexity index is 2810. The summed E-state index contributed by atoms with van der Waals surface area (Å²) < 4.78 is 1.32. The molecule has 0 spiro atoms. The second-order valence-corrected chi connectivity index (χ2v) is 15.2. The summed E-state index contributed by atoms with van der Waals surface area (Å²) in [5, 5.41) is 6.42. The van der Waals surface area contributed by atoms with Gasteiger partial charge in [0.05, 0.1) is 0 Å². The van der Waals surface area contributed by atoms with E-state index in [4.69, 9.17) is 0 Å². The van der Waals surface area contributed by atoms with Crippen LogP contribution < -0.4 is 4.90 Å². The summed E-state index contributed by atoms with van der Waals surface area (Å²) in [5.74, 6) is 0.766. The predicted octanol–water partition coefficient (Wildman–Crippen LogP) is 14.2. The predicted molar refractivity (Wildman–Crippen MR) is 223 cm³/mol. The smallest absolute Gasteiger partial charge is 0.0465 e. The summed E-state index contributed by atoms with van der Waals surface area (Å²) in [6.07, 6.45) is 13.7. The van der Waals surface area contributed by atoms with Gasteiger partial charge < -0.3 is 4.90 Å². The Morgan fingerprint density at radius 3 is 2.02 bits per heavy atom. The third-order valence-corrected chi connectivity index (χ3v) is 12.4. The summed E-state index contributed by atoms with van der Waals surface area (Å²) in [5.41, 5.74) is 12.8. The lowest BCUT2D eigenvalue weighted by atomic mass is 9.79. The van der Waals surface area contributed by atoms with E-state index < -0.39 is 0 Å². The van der Waals surface area contributed by atoms with Crippen molar-refractivity contribution >= 4 is 65.6 Å². The number of nitrogens with zero attached hydrogens (tertiary/aromatic N) is 1. The van der Waals surface area contributed by atoms with Gasteiger partial charge >= 0.3 is 0 Å². The molecule has 0 saturated heterocycles. The van der Waals surface area contributed by atoms with Gasteiger partial charge in [-0.15, -0.1) is 11.3 Å². The molecule has 0 N–H and O–H groups in total. The molecule has 0 fully saturated rings. The Morgan fingerprint density at radius 2 is 1.19 bits per heavy atom. The van der Waals surface area contributed by atoms with Crippen LogP contribution in [0.15, 0.2) is 194 Å². The summed E-state index contributed by atoms with van der Waals surface area (Å²) in [6.45, 7) is 0. The van der Waals surface area contributed by atoms with Crippen molar-refractivity contribution in [3.8, 4) is 21.6 Å². The van der Waals surface area contributed by atoms with Crippen LogP contribution in [-0.2, 0) is 0 Å². The molecule has 3 aliphatic carbocycles. The van der Waals surface area contributed by atoms with E-state index in [0.29, 0.717) is 11.8 Å². The Kier molecular flexibility index (Phi) is 6.62. The molecule has 1 aromatic heterocycles. The van der Waals surface area contributed by atoms with Crippen molar-refractivity contribution in [3.63, 3.8) is 0 Å². The van der Waals surface area contributed by atoms with Gasteiger partial charge in [0.1, 0.15) is 0 Å². The largest absolute Gasteiger partial charge is 0.310 e. The molecule has 0 saturated carbocycles. The molecule has 1 nitrogen and oxygen atoms in total. The number of hydrogen-bond acceptors (Lipinski definition) is 2. The van der Waals surface area contributed by atoms with E-state index in [1.807, 2.05) is 11.3 Å².